The van der Waals surface area contributed by atoms with E-state index in [-0.39, 0.29) is 5.91 Å². The summed E-state index contributed by atoms with van der Waals surface area (Å²) in [5, 5.41) is 3.15. The van der Waals surface area contributed by atoms with Crippen molar-refractivity contribution < 1.29 is 9.53 Å². The van der Waals surface area contributed by atoms with E-state index in [2.05, 4.69) is 20.2 Å². The van der Waals surface area contributed by atoms with E-state index in [0.717, 1.165) is 30.6 Å². The number of aromatic nitrogens is 2. The summed E-state index contributed by atoms with van der Waals surface area (Å²) in [6.07, 6.45) is 2.71. The molecule has 1 fully saturated rings. The third-order valence-electron chi connectivity index (χ3n) is 5.33. The molecule has 1 saturated heterocycles. The maximum Gasteiger partial charge on any atom is 0.230 e. The predicted octanol–water partition coefficient (Wildman–Crippen LogP) is 2.71. The number of nitrogens with one attached hydrogen (secondary N) is 1. The average molecular weight is 368 g/mol. The molecule has 2 heterocycles. The van der Waals surface area contributed by atoms with Crippen molar-refractivity contribution in [2.45, 2.75) is 32.6 Å². The Morgan fingerprint density at radius 2 is 2.11 bits per heavy atom. The molecule has 0 bridgehead atoms. The van der Waals surface area contributed by atoms with Crippen LogP contribution in [-0.2, 0) is 10.2 Å². The molecule has 27 heavy (non-hydrogen) atoms. The molecular formula is C21H28N4O2. The van der Waals surface area contributed by atoms with E-state index < -0.39 is 5.41 Å². The molecule has 0 aliphatic carbocycles. The van der Waals surface area contributed by atoms with Gasteiger partial charge in [0.15, 0.2) is 0 Å². The fraction of sp³-hybridized carbons (Fsp3) is 0.476. The van der Waals surface area contributed by atoms with Crippen LogP contribution in [-0.4, -0.2) is 42.6 Å². The second kappa shape index (κ2) is 7.94. The highest BCUT2D eigenvalue weighted by Crippen LogP contribution is 2.27. The van der Waals surface area contributed by atoms with Gasteiger partial charge in [-0.3, -0.25) is 4.79 Å². The molecule has 1 N–H and O–H groups in total. The van der Waals surface area contributed by atoms with Crippen LogP contribution in [0.15, 0.2) is 36.5 Å². The molecule has 2 aromatic rings. The van der Waals surface area contributed by atoms with Gasteiger partial charge in [0.05, 0.1) is 12.5 Å². The van der Waals surface area contributed by atoms with Crippen LogP contribution in [0.5, 0.6) is 5.88 Å². The van der Waals surface area contributed by atoms with Crippen LogP contribution < -0.4 is 15.0 Å². The zero-order valence-corrected chi connectivity index (χ0v) is 16.5. The number of carbonyl (C=O) groups excluding carboxylic acids is 1. The smallest absolute Gasteiger partial charge is 0.230 e. The second-order valence-corrected chi connectivity index (χ2v) is 7.65. The highest BCUT2D eigenvalue weighted by atomic mass is 16.5. The van der Waals surface area contributed by atoms with Gasteiger partial charge in [-0.05, 0) is 44.2 Å². The minimum absolute atomic E-state index is 0.0629. The first kappa shape index (κ1) is 19.1. The number of nitrogens with zero attached hydrogens (tertiary/aromatic N) is 3. The molecule has 0 radical (unpaired) electrons. The van der Waals surface area contributed by atoms with Gasteiger partial charge in [0, 0.05) is 31.9 Å². The lowest BCUT2D eigenvalue weighted by atomic mass is 9.81. The highest BCUT2D eigenvalue weighted by molar-refractivity contribution is 5.87. The molecule has 1 amide bonds. The normalized spacial score (nSPS) is 17.0. The summed E-state index contributed by atoms with van der Waals surface area (Å²) in [6, 6.07) is 9.81. The van der Waals surface area contributed by atoms with Gasteiger partial charge >= 0.3 is 0 Å². The largest absolute Gasteiger partial charge is 0.481 e. The number of hydrogen-bond donors (Lipinski definition) is 1. The quantitative estimate of drug-likeness (QED) is 0.849. The van der Waals surface area contributed by atoms with Crippen LogP contribution in [0.25, 0.3) is 0 Å². The average Bonchev–Trinajstić information content (AvgIpc) is 3.15. The Morgan fingerprint density at radius 3 is 2.85 bits per heavy atom. The van der Waals surface area contributed by atoms with Gasteiger partial charge in [-0.25, -0.2) is 4.98 Å². The molecule has 1 aromatic carbocycles. The standard InChI is InChI=1S/C21H28N4O2/c1-15-7-5-6-8-17(15)21(2,3)19(26)23-13-16-10-12-25(14-16)20-22-11-9-18(24-20)27-4/h5-9,11,16H,10,12-14H2,1-4H3,(H,23,26). The van der Waals surface area contributed by atoms with Crippen LogP contribution >= 0.6 is 0 Å². The Labute approximate surface area is 161 Å². The van der Waals surface area contributed by atoms with Crippen molar-refractivity contribution >= 4 is 11.9 Å². The number of amides is 1. The third-order valence-corrected chi connectivity index (χ3v) is 5.33. The van der Waals surface area contributed by atoms with E-state index in [0.29, 0.717) is 24.3 Å². The fourth-order valence-corrected chi connectivity index (χ4v) is 3.63. The predicted molar refractivity (Wildman–Crippen MR) is 106 cm³/mol. The highest BCUT2D eigenvalue weighted by Gasteiger charge is 2.32. The molecule has 6 heteroatoms. The van der Waals surface area contributed by atoms with Crippen molar-refractivity contribution in [3.05, 3.63) is 47.7 Å². The van der Waals surface area contributed by atoms with Crippen molar-refractivity contribution in [1.82, 2.24) is 15.3 Å². The van der Waals surface area contributed by atoms with Gasteiger partial charge in [-0.2, -0.15) is 4.98 Å². The number of anilines is 1. The molecule has 1 aliphatic heterocycles. The SMILES string of the molecule is COc1ccnc(N2CCC(CNC(=O)C(C)(C)c3ccccc3C)C2)n1. The van der Waals surface area contributed by atoms with E-state index in [1.165, 1.54) is 0 Å². The molecule has 0 saturated carbocycles. The van der Waals surface area contributed by atoms with Crippen molar-refractivity contribution in [1.29, 1.82) is 0 Å². The van der Waals surface area contributed by atoms with Crippen LogP contribution in [0, 0.1) is 12.8 Å². The number of ether oxygens (including phenoxy) is 1. The summed E-state index contributed by atoms with van der Waals surface area (Å²) in [7, 11) is 1.60. The number of hydrogen-bond acceptors (Lipinski definition) is 5. The zero-order valence-electron chi connectivity index (χ0n) is 16.5. The minimum atomic E-state index is -0.556. The van der Waals surface area contributed by atoms with E-state index in [9.17, 15) is 4.79 Å². The van der Waals surface area contributed by atoms with Crippen LogP contribution in [0.2, 0.25) is 0 Å². The first-order chi connectivity index (χ1) is 12.9. The van der Waals surface area contributed by atoms with Gasteiger partial charge in [0.2, 0.25) is 17.7 Å². The lowest BCUT2D eigenvalue weighted by molar-refractivity contribution is -0.125. The maximum atomic E-state index is 12.8. The summed E-state index contributed by atoms with van der Waals surface area (Å²) in [6.45, 7) is 8.39. The molecule has 1 aromatic heterocycles. The summed E-state index contributed by atoms with van der Waals surface area (Å²) in [4.78, 5) is 23.7. The van der Waals surface area contributed by atoms with Crippen molar-refractivity contribution in [2.24, 2.45) is 5.92 Å². The maximum absolute atomic E-state index is 12.8. The molecule has 1 unspecified atom stereocenters. The number of carbonyl (C=O) groups is 1. The molecular weight excluding hydrogens is 340 g/mol. The molecule has 1 aliphatic rings. The molecule has 0 spiro atoms. The van der Waals surface area contributed by atoms with Crippen molar-refractivity contribution in [3.8, 4) is 5.88 Å². The first-order valence-electron chi connectivity index (χ1n) is 9.38. The summed E-state index contributed by atoms with van der Waals surface area (Å²) < 4.78 is 5.17. The zero-order chi connectivity index (χ0) is 19.4. The number of methoxy groups -OCH3 is 1. The Morgan fingerprint density at radius 1 is 1.33 bits per heavy atom. The summed E-state index contributed by atoms with van der Waals surface area (Å²) >= 11 is 0. The van der Waals surface area contributed by atoms with Gasteiger partial charge in [0.25, 0.3) is 0 Å². The van der Waals surface area contributed by atoms with E-state index in [4.69, 9.17) is 4.74 Å². The lowest BCUT2D eigenvalue weighted by Crippen LogP contribution is -2.42. The summed E-state index contributed by atoms with van der Waals surface area (Å²) in [5.41, 5.74) is 1.65. The van der Waals surface area contributed by atoms with Gasteiger partial charge in [0.1, 0.15) is 0 Å². The molecule has 144 valence electrons. The van der Waals surface area contributed by atoms with Crippen LogP contribution in [0.4, 0.5) is 5.95 Å². The Bertz CT molecular complexity index is 806. The van der Waals surface area contributed by atoms with E-state index in [1.54, 1.807) is 19.4 Å². The Kier molecular flexibility index (Phi) is 5.63. The topological polar surface area (TPSA) is 67.3 Å². The number of benzene rings is 1. The van der Waals surface area contributed by atoms with Crippen LogP contribution in [0.1, 0.15) is 31.4 Å². The Hall–Kier alpha value is -2.63. The molecule has 6 nitrogen and oxygen atoms in total. The van der Waals surface area contributed by atoms with Crippen molar-refractivity contribution in [2.75, 3.05) is 31.6 Å². The van der Waals surface area contributed by atoms with Gasteiger partial charge < -0.3 is 15.0 Å². The van der Waals surface area contributed by atoms with Crippen LogP contribution in [0.3, 0.4) is 0 Å². The molecule has 3 rings (SSSR count). The monoisotopic (exact) mass is 368 g/mol. The number of aryl methyl sites for hydroxylation is 1. The van der Waals surface area contributed by atoms with Crippen molar-refractivity contribution in [3.63, 3.8) is 0 Å². The van der Waals surface area contributed by atoms with E-state index in [1.807, 2.05) is 45.0 Å². The van der Waals surface area contributed by atoms with Gasteiger partial charge in [-0.15, -0.1) is 0 Å². The number of rotatable bonds is 6. The lowest BCUT2D eigenvalue weighted by Gasteiger charge is -2.26. The summed E-state index contributed by atoms with van der Waals surface area (Å²) in [5.74, 6) is 1.70. The van der Waals surface area contributed by atoms with E-state index >= 15 is 0 Å². The third kappa shape index (κ3) is 4.21. The Balaban J connectivity index is 1.57. The second-order valence-electron chi connectivity index (χ2n) is 7.65. The van der Waals surface area contributed by atoms with Gasteiger partial charge in [-0.1, -0.05) is 24.3 Å². The molecule has 1 atom stereocenters. The first-order valence-corrected chi connectivity index (χ1v) is 9.38. The minimum Gasteiger partial charge on any atom is -0.481 e. The fourth-order valence-electron chi connectivity index (χ4n) is 3.63.